The Balaban J connectivity index is 0.000000269. The number of hydrogen-bond donors (Lipinski definition) is 2. The average Bonchev–Trinajstić information content (AvgIpc) is 3.07. The summed E-state index contributed by atoms with van der Waals surface area (Å²) in [6.45, 7) is 6.32. The number of halogens is 2. The summed E-state index contributed by atoms with van der Waals surface area (Å²) < 4.78 is 16.4. The van der Waals surface area contributed by atoms with Crippen LogP contribution in [0, 0.1) is 18.7 Å². The molecule has 0 atom stereocenters. The van der Waals surface area contributed by atoms with Crippen molar-refractivity contribution in [1.82, 2.24) is 19.5 Å². The zero-order valence-electron chi connectivity index (χ0n) is 17.7. The second kappa shape index (κ2) is 9.71. The van der Waals surface area contributed by atoms with E-state index in [1.807, 2.05) is 31.4 Å². The van der Waals surface area contributed by atoms with Crippen LogP contribution >= 0.6 is 11.6 Å². The summed E-state index contributed by atoms with van der Waals surface area (Å²) in [5, 5.41) is 9.01. The molecule has 4 rings (SSSR count). The number of nitrogens with two attached hydrogens (primary N) is 1. The molecule has 2 heterocycles. The topological polar surface area (TPSA) is 89.9 Å². The van der Waals surface area contributed by atoms with E-state index in [-0.39, 0.29) is 12.0 Å². The maximum absolute atomic E-state index is 14.4. The molecule has 0 spiro atoms. The van der Waals surface area contributed by atoms with E-state index in [9.17, 15) is 4.39 Å². The summed E-state index contributed by atoms with van der Waals surface area (Å²) in [4.78, 5) is 12.2. The number of fused-ring (bicyclic) bond motifs is 1. The van der Waals surface area contributed by atoms with Crippen LogP contribution in [0.25, 0.3) is 22.3 Å². The molecule has 1 fully saturated rings. The molecule has 0 unspecified atom stereocenters. The van der Waals surface area contributed by atoms with Crippen molar-refractivity contribution in [2.24, 2.45) is 5.92 Å². The van der Waals surface area contributed by atoms with Crippen LogP contribution in [0.15, 0.2) is 18.3 Å². The van der Waals surface area contributed by atoms with E-state index in [2.05, 4.69) is 15.0 Å². The standard InChI is InChI=1S/C15H15ClFN5.C7H14O/c1-7(2)22-8(3)20-14-11(17)4-9(5-12(14)22)13-10(16)6-19-15(18)21-13;8-6-7-4-2-1-3-5-7/h4-7H,1-3H3,(H2,18,19,21);7-8H,1-6H2. The number of nitrogens with zero attached hydrogens (tertiary/aromatic N) is 4. The molecule has 1 aliphatic carbocycles. The lowest BCUT2D eigenvalue weighted by Gasteiger charge is -2.18. The highest BCUT2D eigenvalue weighted by Crippen LogP contribution is 2.31. The van der Waals surface area contributed by atoms with Gasteiger partial charge in [-0.05, 0) is 51.7 Å². The molecule has 2 aromatic heterocycles. The van der Waals surface area contributed by atoms with Gasteiger partial charge in [0.2, 0.25) is 5.95 Å². The summed E-state index contributed by atoms with van der Waals surface area (Å²) in [5.41, 5.74) is 7.60. The van der Waals surface area contributed by atoms with Crippen LogP contribution in [-0.2, 0) is 0 Å². The number of aliphatic hydroxyl groups is 1. The van der Waals surface area contributed by atoms with Gasteiger partial charge in [0.15, 0.2) is 5.82 Å². The van der Waals surface area contributed by atoms with Gasteiger partial charge in [0.25, 0.3) is 0 Å². The number of aliphatic hydroxyl groups excluding tert-OH is 1. The highest BCUT2D eigenvalue weighted by molar-refractivity contribution is 6.33. The second-order valence-corrected chi connectivity index (χ2v) is 8.47. The Morgan fingerprint density at radius 3 is 2.53 bits per heavy atom. The van der Waals surface area contributed by atoms with Crippen LogP contribution < -0.4 is 5.73 Å². The van der Waals surface area contributed by atoms with Gasteiger partial charge in [0, 0.05) is 18.2 Å². The van der Waals surface area contributed by atoms with E-state index in [1.165, 1.54) is 44.4 Å². The van der Waals surface area contributed by atoms with Gasteiger partial charge in [-0.3, -0.25) is 0 Å². The molecule has 0 bridgehead atoms. The first-order valence-corrected chi connectivity index (χ1v) is 10.8. The molecule has 0 amide bonds. The predicted octanol–water partition coefficient (Wildman–Crippen LogP) is 5.32. The van der Waals surface area contributed by atoms with Gasteiger partial charge in [0.05, 0.1) is 22.4 Å². The molecule has 0 aliphatic heterocycles. The maximum Gasteiger partial charge on any atom is 0.220 e. The zero-order valence-corrected chi connectivity index (χ0v) is 18.5. The lowest BCUT2D eigenvalue weighted by atomic mass is 9.90. The van der Waals surface area contributed by atoms with E-state index < -0.39 is 5.82 Å². The summed E-state index contributed by atoms with van der Waals surface area (Å²) in [7, 11) is 0. The minimum Gasteiger partial charge on any atom is -0.396 e. The monoisotopic (exact) mass is 433 g/mol. The second-order valence-electron chi connectivity index (χ2n) is 8.06. The lowest BCUT2D eigenvalue weighted by molar-refractivity contribution is 0.190. The molecule has 0 radical (unpaired) electrons. The summed E-state index contributed by atoms with van der Waals surface area (Å²) in [6.07, 6.45) is 7.99. The molecule has 8 heteroatoms. The van der Waals surface area contributed by atoms with Gasteiger partial charge in [-0.25, -0.2) is 19.3 Å². The van der Waals surface area contributed by atoms with Crippen molar-refractivity contribution in [1.29, 1.82) is 0 Å². The van der Waals surface area contributed by atoms with Gasteiger partial charge in [-0.15, -0.1) is 0 Å². The van der Waals surface area contributed by atoms with Crippen LogP contribution in [0.1, 0.15) is 57.8 Å². The number of imidazole rings is 1. The molecule has 1 saturated carbocycles. The third-order valence-corrected chi connectivity index (χ3v) is 5.74. The van der Waals surface area contributed by atoms with E-state index >= 15 is 0 Å². The Bertz CT molecular complexity index is 1010. The Morgan fingerprint density at radius 2 is 1.93 bits per heavy atom. The first-order chi connectivity index (χ1) is 14.3. The van der Waals surface area contributed by atoms with E-state index in [4.69, 9.17) is 22.4 Å². The highest BCUT2D eigenvalue weighted by atomic mass is 35.5. The fourth-order valence-electron chi connectivity index (χ4n) is 4.01. The van der Waals surface area contributed by atoms with E-state index in [0.717, 1.165) is 5.82 Å². The number of aromatic nitrogens is 4. The smallest absolute Gasteiger partial charge is 0.220 e. The van der Waals surface area contributed by atoms with E-state index in [0.29, 0.717) is 39.8 Å². The van der Waals surface area contributed by atoms with Gasteiger partial charge < -0.3 is 15.4 Å². The molecule has 3 aromatic rings. The number of hydrogen-bond acceptors (Lipinski definition) is 5. The quantitative estimate of drug-likeness (QED) is 0.583. The van der Waals surface area contributed by atoms with E-state index in [1.54, 1.807) is 0 Å². The van der Waals surface area contributed by atoms with Gasteiger partial charge >= 0.3 is 0 Å². The minimum absolute atomic E-state index is 0.0912. The van der Waals surface area contributed by atoms with Crippen molar-refractivity contribution >= 4 is 28.6 Å². The molecular formula is C22H29ClFN5O. The minimum atomic E-state index is -0.414. The number of nitrogen functional groups attached to an aromatic ring is 1. The maximum atomic E-state index is 14.4. The van der Waals surface area contributed by atoms with Gasteiger partial charge in [-0.1, -0.05) is 30.9 Å². The molecule has 6 nitrogen and oxygen atoms in total. The normalized spacial score (nSPS) is 14.8. The number of rotatable bonds is 3. The molecular weight excluding hydrogens is 405 g/mol. The Labute approximate surface area is 181 Å². The third-order valence-electron chi connectivity index (χ3n) is 5.46. The lowest BCUT2D eigenvalue weighted by Crippen LogP contribution is -2.09. The highest BCUT2D eigenvalue weighted by Gasteiger charge is 2.17. The third kappa shape index (κ3) is 4.90. The Morgan fingerprint density at radius 1 is 1.23 bits per heavy atom. The fraction of sp³-hybridized carbons (Fsp3) is 0.500. The van der Waals surface area contributed by atoms with Crippen molar-refractivity contribution in [3.63, 3.8) is 0 Å². The first-order valence-electron chi connectivity index (χ1n) is 10.4. The number of benzene rings is 1. The number of aryl methyl sites for hydroxylation is 1. The molecule has 162 valence electrons. The zero-order chi connectivity index (χ0) is 21.8. The Kier molecular flexibility index (Phi) is 7.26. The largest absolute Gasteiger partial charge is 0.396 e. The van der Waals surface area contributed by atoms with Crippen LogP contribution in [0.3, 0.4) is 0 Å². The summed E-state index contributed by atoms with van der Waals surface area (Å²) in [6, 6.07) is 3.35. The summed E-state index contributed by atoms with van der Waals surface area (Å²) in [5.74, 6) is 1.08. The van der Waals surface area contributed by atoms with Crippen molar-refractivity contribution < 1.29 is 9.50 Å². The van der Waals surface area contributed by atoms with Crippen molar-refractivity contribution in [2.45, 2.75) is 58.9 Å². The summed E-state index contributed by atoms with van der Waals surface area (Å²) >= 11 is 6.12. The molecule has 0 saturated heterocycles. The van der Waals surface area contributed by atoms with Crippen LogP contribution in [0.5, 0.6) is 0 Å². The Hall–Kier alpha value is -2.25. The fourth-order valence-corrected chi connectivity index (χ4v) is 4.21. The van der Waals surface area contributed by atoms with Crippen molar-refractivity contribution in [2.75, 3.05) is 12.3 Å². The van der Waals surface area contributed by atoms with Crippen LogP contribution in [-0.4, -0.2) is 31.2 Å². The molecule has 1 aromatic carbocycles. The average molecular weight is 434 g/mol. The van der Waals surface area contributed by atoms with Crippen LogP contribution in [0.2, 0.25) is 5.02 Å². The van der Waals surface area contributed by atoms with Crippen LogP contribution in [0.4, 0.5) is 10.3 Å². The molecule has 30 heavy (non-hydrogen) atoms. The first kappa shape index (κ1) is 22.4. The SMILES string of the molecule is Cc1nc2c(F)cc(-c3nc(N)ncc3Cl)cc2n1C(C)C.OCC1CCCCC1. The van der Waals surface area contributed by atoms with Gasteiger partial charge in [0.1, 0.15) is 11.3 Å². The predicted molar refractivity (Wildman–Crippen MR) is 119 cm³/mol. The molecule has 3 N–H and O–H groups in total. The molecule has 1 aliphatic rings. The van der Waals surface area contributed by atoms with Crippen molar-refractivity contribution in [3.8, 4) is 11.3 Å². The number of anilines is 1. The van der Waals surface area contributed by atoms with Gasteiger partial charge in [-0.2, -0.15) is 0 Å². The van der Waals surface area contributed by atoms with Crippen molar-refractivity contribution in [3.05, 3.63) is 35.0 Å².